The van der Waals surface area contributed by atoms with Crippen molar-refractivity contribution in [2.45, 2.75) is 32.6 Å². The third-order valence-corrected chi connectivity index (χ3v) is 2.36. The number of unbranched alkanes of at least 4 members (excludes halogenated alkanes) is 3. The van der Waals surface area contributed by atoms with Crippen LogP contribution >= 0.6 is 0 Å². The third-order valence-electron chi connectivity index (χ3n) is 2.36. The molecule has 0 radical (unpaired) electrons. The Balaban J connectivity index is 2.34. The van der Waals surface area contributed by atoms with Gasteiger partial charge >= 0.3 is 5.69 Å². The zero-order valence-electron chi connectivity index (χ0n) is 9.24. The summed E-state index contributed by atoms with van der Waals surface area (Å²) in [7, 11) is 0. The minimum Gasteiger partial charge on any atom is -0.379 e. The number of hydrogen-bond donors (Lipinski definition) is 1. The van der Waals surface area contributed by atoms with Crippen molar-refractivity contribution in [2.75, 3.05) is 11.9 Å². The third kappa shape index (κ3) is 3.99. The maximum Gasteiger partial charge on any atom is 0.407 e. The Morgan fingerprint density at radius 3 is 2.73 bits per heavy atom. The summed E-state index contributed by atoms with van der Waals surface area (Å²) in [6.45, 7) is 3.14. The van der Waals surface area contributed by atoms with Crippen LogP contribution in [0.3, 0.4) is 0 Å². The van der Waals surface area contributed by atoms with E-state index in [0.717, 1.165) is 18.7 Å². The van der Waals surface area contributed by atoms with Crippen LogP contribution in [0.15, 0.2) is 24.3 Å². The topological polar surface area (TPSA) is 40.2 Å². The molecule has 0 fully saturated rings. The largest absolute Gasteiger partial charge is 0.407 e. The molecule has 0 aliphatic heterocycles. The van der Waals surface area contributed by atoms with Gasteiger partial charge in [-0.25, -0.2) is 0 Å². The second-order valence-electron chi connectivity index (χ2n) is 3.60. The van der Waals surface area contributed by atoms with Gasteiger partial charge in [0.25, 0.3) is 0 Å². The summed E-state index contributed by atoms with van der Waals surface area (Å²) in [6.07, 6.45) is 4.95. The molecular weight excluding hydrogens is 186 g/mol. The van der Waals surface area contributed by atoms with Gasteiger partial charge in [-0.2, -0.15) is 0 Å². The Morgan fingerprint density at radius 2 is 2.00 bits per heavy atom. The molecule has 0 saturated carbocycles. The highest BCUT2D eigenvalue weighted by molar-refractivity contribution is 5.68. The highest BCUT2D eigenvalue weighted by atomic mass is 14.9. The number of benzene rings is 1. The van der Waals surface area contributed by atoms with Crippen molar-refractivity contribution in [1.82, 2.24) is 0 Å². The summed E-state index contributed by atoms with van der Waals surface area (Å²) in [4.78, 5) is 3.22. The number of rotatable bonds is 6. The van der Waals surface area contributed by atoms with Crippen molar-refractivity contribution in [3.05, 3.63) is 29.2 Å². The van der Waals surface area contributed by atoms with Crippen LogP contribution in [0.1, 0.15) is 32.6 Å². The molecular formula is C12H18N3+. The maximum absolute atomic E-state index is 8.74. The van der Waals surface area contributed by atoms with E-state index in [1.54, 1.807) is 6.07 Å². The smallest absolute Gasteiger partial charge is 0.379 e. The molecule has 0 spiro atoms. The average Bonchev–Trinajstić information content (AvgIpc) is 2.29. The molecule has 0 aromatic heterocycles. The highest BCUT2D eigenvalue weighted by Crippen LogP contribution is 2.23. The maximum atomic E-state index is 8.74. The molecule has 0 bridgehead atoms. The lowest BCUT2D eigenvalue weighted by Crippen LogP contribution is -2.01. The van der Waals surface area contributed by atoms with Gasteiger partial charge in [0.2, 0.25) is 5.39 Å². The van der Waals surface area contributed by atoms with Gasteiger partial charge in [-0.05, 0) is 12.5 Å². The van der Waals surface area contributed by atoms with E-state index in [0.29, 0.717) is 5.69 Å². The van der Waals surface area contributed by atoms with Crippen LogP contribution < -0.4 is 5.32 Å². The Morgan fingerprint density at radius 1 is 1.20 bits per heavy atom. The monoisotopic (exact) mass is 204 g/mol. The molecule has 1 rings (SSSR count). The van der Waals surface area contributed by atoms with E-state index in [-0.39, 0.29) is 0 Å². The normalized spacial score (nSPS) is 9.60. The molecule has 0 amide bonds. The number of hydrogen-bond acceptors (Lipinski definition) is 2. The van der Waals surface area contributed by atoms with Crippen molar-refractivity contribution in [3.8, 4) is 0 Å². The number of nitrogens with one attached hydrogen (secondary N) is 1. The van der Waals surface area contributed by atoms with Gasteiger partial charge in [0, 0.05) is 12.6 Å². The molecule has 0 aliphatic rings. The Labute approximate surface area is 91.1 Å². The molecule has 0 saturated heterocycles. The fourth-order valence-electron chi connectivity index (χ4n) is 1.49. The molecule has 0 atom stereocenters. The molecule has 1 aromatic carbocycles. The lowest BCUT2D eigenvalue weighted by molar-refractivity contribution is 0.685. The second-order valence-corrected chi connectivity index (χ2v) is 3.60. The average molecular weight is 204 g/mol. The van der Waals surface area contributed by atoms with Crippen LogP contribution in [0.5, 0.6) is 0 Å². The first-order chi connectivity index (χ1) is 7.38. The fraction of sp³-hybridized carbons (Fsp3) is 0.500. The van der Waals surface area contributed by atoms with Crippen LogP contribution in [0.25, 0.3) is 4.98 Å². The summed E-state index contributed by atoms with van der Waals surface area (Å²) in [5.74, 6) is 0. The van der Waals surface area contributed by atoms with Crippen molar-refractivity contribution in [1.29, 1.82) is 5.39 Å². The molecule has 0 aliphatic carbocycles. The fourth-order valence-corrected chi connectivity index (χ4v) is 1.49. The standard InChI is InChI=1S/C12H18N3/c1-2-3-4-7-10-14-11-8-5-6-9-12(11)15-13/h5-6,8-9,14H,2-4,7,10H2,1H3/q+1. The zero-order chi connectivity index (χ0) is 10.9. The van der Waals surface area contributed by atoms with E-state index in [9.17, 15) is 0 Å². The molecule has 1 aromatic rings. The summed E-state index contributed by atoms with van der Waals surface area (Å²) >= 11 is 0. The van der Waals surface area contributed by atoms with E-state index >= 15 is 0 Å². The number of anilines is 1. The molecule has 3 heteroatoms. The van der Waals surface area contributed by atoms with Gasteiger partial charge in [0.1, 0.15) is 5.69 Å². The highest BCUT2D eigenvalue weighted by Gasteiger charge is 2.10. The van der Waals surface area contributed by atoms with Gasteiger partial charge in [-0.3, -0.25) is 0 Å². The Bertz CT molecular complexity index is 328. The van der Waals surface area contributed by atoms with E-state index in [1.807, 2.05) is 18.2 Å². The van der Waals surface area contributed by atoms with Crippen molar-refractivity contribution in [3.63, 3.8) is 0 Å². The second kappa shape index (κ2) is 6.83. The van der Waals surface area contributed by atoms with Crippen LogP contribution in [0, 0.1) is 5.39 Å². The molecule has 0 unspecified atom stereocenters. The predicted octanol–water partition coefficient (Wildman–Crippen LogP) is 4.16. The van der Waals surface area contributed by atoms with Crippen LogP contribution in [-0.2, 0) is 0 Å². The van der Waals surface area contributed by atoms with Gasteiger partial charge in [0.15, 0.2) is 4.98 Å². The molecule has 0 heterocycles. The van der Waals surface area contributed by atoms with Gasteiger partial charge in [-0.1, -0.05) is 38.3 Å². The van der Waals surface area contributed by atoms with E-state index in [1.165, 1.54) is 19.3 Å². The van der Waals surface area contributed by atoms with Crippen molar-refractivity contribution in [2.24, 2.45) is 0 Å². The lowest BCUT2D eigenvalue weighted by atomic mass is 10.2. The minimum atomic E-state index is 0.605. The summed E-state index contributed by atoms with van der Waals surface area (Å²) in [5.41, 5.74) is 1.50. The summed E-state index contributed by atoms with van der Waals surface area (Å²) < 4.78 is 0. The van der Waals surface area contributed by atoms with Crippen LogP contribution in [-0.4, -0.2) is 6.54 Å². The van der Waals surface area contributed by atoms with Gasteiger partial charge < -0.3 is 5.32 Å². The van der Waals surface area contributed by atoms with Crippen LogP contribution in [0.2, 0.25) is 0 Å². The predicted molar refractivity (Wildman–Crippen MR) is 63.8 cm³/mol. The van der Waals surface area contributed by atoms with E-state index in [4.69, 9.17) is 5.39 Å². The van der Waals surface area contributed by atoms with Crippen LogP contribution in [0.4, 0.5) is 11.4 Å². The number of para-hydroxylation sites is 1. The lowest BCUT2D eigenvalue weighted by Gasteiger charge is -2.03. The van der Waals surface area contributed by atoms with E-state index in [2.05, 4.69) is 17.2 Å². The van der Waals surface area contributed by atoms with Gasteiger partial charge in [-0.15, -0.1) is 0 Å². The Kier molecular flexibility index (Phi) is 5.24. The minimum absolute atomic E-state index is 0.605. The number of diazo groups is 1. The Hall–Kier alpha value is -1.56. The summed E-state index contributed by atoms with van der Waals surface area (Å²) in [5, 5.41) is 12.0. The summed E-state index contributed by atoms with van der Waals surface area (Å²) in [6, 6.07) is 7.50. The first kappa shape index (κ1) is 11.5. The molecule has 15 heavy (non-hydrogen) atoms. The van der Waals surface area contributed by atoms with Gasteiger partial charge in [0.05, 0.1) is 0 Å². The van der Waals surface area contributed by atoms with Crippen molar-refractivity contribution >= 4 is 11.4 Å². The van der Waals surface area contributed by atoms with Crippen molar-refractivity contribution < 1.29 is 0 Å². The molecule has 1 N–H and O–H groups in total. The quantitative estimate of drug-likeness (QED) is 0.558. The zero-order valence-corrected chi connectivity index (χ0v) is 9.24. The first-order valence-electron chi connectivity index (χ1n) is 5.56. The van der Waals surface area contributed by atoms with E-state index < -0.39 is 0 Å². The molecule has 80 valence electrons. The number of nitrogens with zero attached hydrogens (tertiary/aromatic N) is 2. The SMILES string of the molecule is CCCCCCNc1ccccc1[N+]#N. The molecule has 3 nitrogen and oxygen atoms in total. The first-order valence-corrected chi connectivity index (χ1v) is 5.56.